The number of ether oxygens (including phenoxy) is 3. The van der Waals surface area contributed by atoms with Crippen molar-refractivity contribution in [2.24, 2.45) is 11.3 Å². The standard InChI is InChI=1S/C17H31NO3/c1-3-4-16-5-7-17(15-18,8-6-16)9-10-20-13-14-21-12-11-19-2/h16H,3-14H2,1-2H3. The Hall–Kier alpha value is -0.630. The normalized spacial score (nSPS) is 25.7. The SMILES string of the molecule is CCCC1CCC(C#N)(CCOCCOCCOC)CC1. The maximum atomic E-state index is 9.51. The lowest BCUT2D eigenvalue weighted by molar-refractivity contribution is 0.0164. The van der Waals surface area contributed by atoms with Crippen molar-refractivity contribution in [1.29, 1.82) is 5.26 Å². The molecule has 0 aromatic rings. The molecule has 0 heterocycles. The molecule has 0 radical (unpaired) electrons. The molecular weight excluding hydrogens is 266 g/mol. The van der Waals surface area contributed by atoms with Crippen LogP contribution in [0.15, 0.2) is 0 Å². The molecule has 0 N–H and O–H groups in total. The van der Waals surface area contributed by atoms with Gasteiger partial charge in [-0.2, -0.15) is 5.26 Å². The third-order valence-corrected chi connectivity index (χ3v) is 4.53. The number of nitriles is 1. The van der Waals surface area contributed by atoms with Crippen LogP contribution in [0.4, 0.5) is 0 Å². The van der Waals surface area contributed by atoms with Crippen molar-refractivity contribution in [2.75, 3.05) is 40.1 Å². The molecule has 0 aliphatic heterocycles. The Labute approximate surface area is 129 Å². The van der Waals surface area contributed by atoms with E-state index in [1.807, 2.05) is 0 Å². The summed E-state index contributed by atoms with van der Waals surface area (Å²) in [6.45, 7) is 5.34. The van der Waals surface area contributed by atoms with Crippen molar-refractivity contribution in [3.05, 3.63) is 0 Å². The van der Waals surface area contributed by atoms with Crippen molar-refractivity contribution in [2.45, 2.75) is 51.9 Å². The van der Waals surface area contributed by atoms with E-state index in [9.17, 15) is 5.26 Å². The molecule has 4 heteroatoms. The first kappa shape index (κ1) is 18.4. The van der Waals surface area contributed by atoms with Crippen molar-refractivity contribution < 1.29 is 14.2 Å². The second-order valence-corrected chi connectivity index (χ2v) is 6.09. The highest BCUT2D eigenvalue weighted by molar-refractivity contribution is 5.01. The van der Waals surface area contributed by atoms with Crippen LogP contribution in [0.5, 0.6) is 0 Å². The lowest BCUT2D eigenvalue weighted by Crippen LogP contribution is -2.27. The molecule has 1 aliphatic rings. The molecule has 1 saturated carbocycles. The van der Waals surface area contributed by atoms with Gasteiger partial charge in [-0.15, -0.1) is 0 Å². The van der Waals surface area contributed by atoms with Crippen LogP contribution in [-0.2, 0) is 14.2 Å². The molecule has 4 nitrogen and oxygen atoms in total. The summed E-state index contributed by atoms with van der Waals surface area (Å²) < 4.78 is 15.8. The third kappa shape index (κ3) is 7.26. The van der Waals surface area contributed by atoms with Crippen molar-refractivity contribution in [3.8, 4) is 6.07 Å². The number of hydrogen-bond acceptors (Lipinski definition) is 4. The zero-order chi connectivity index (χ0) is 15.4. The van der Waals surface area contributed by atoms with Gasteiger partial charge in [-0.1, -0.05) is 19.8 Å². The van der Waals surface area contributed by atoms with Crippen LogP contribution in [0, 0.1) is 22.7 Å². The van der Waals surface area contributed by atoms with Gasteiger partial charge in [0.15, 0.2) is 0 Å². The molecular formula is C17H31NO3. The van der Waals surface area contributed by atoms with Gasteiger partial charge in [0.1, 0.15) is 0 Å². The average molecular weight is 297 g/mol. The molecule has 1 rings (SSSR count). The van der Waals surface area contributed by atoms with Gasteiger partial charge in [0.2, 0.25) is 0 Å². The number of rotatable bonds is 11. The Balaban J connectivity index is 2.10. The molecule has 0 aromatic heterocycles. The van der Waals surface area contributed by atoms with Gasteiger partial charge in [0, 0.05) is 13.7 Å². The van der Waals surface area contributed by atoms with Crippen molar-refractivity contribution in [1.82, 2.24) is 0 Å². The molecule has 0 unspecified atom stereocenters. The molecule has 0 spiro atoms. The Morgan fingerprint density at radius 2 is 1.67 bits per heavy atom. The molecule has 0 aromatic carbocycles. The monoisotopic (exact) mass is 297 g/mol. The molecule has 0 saturated heterocycles. The highest BCUT2D eigenvalue weighted by atomic mass is 16.5. The van der Waals surface area contributed by atoms with Gasteiger partial charge in [-0.3, -0.25) is 0 Å². The molecule has 0 bridgehead atoms. The maximum Gasteiger partial charge on any atom is 0.0701 e. The zero-order valence-corrected chi connectivity index (χ0v) is 13.7. The largest absolute Gasteiger partial charge is 0.382 e. The minimum atomic E-state index is -0.138. The van der Waals surface area contributed by atoms with Crippen LogP contribution in [0.3, 0.4) is 0 Å². The van der Waals surface area contributed by atoms with Gasteiger partial charge in [-0.05, 0) is 38.0 Å². The fraction of sp³-hybridized carbons (Fsp3) is 0.941. The smallest absolute Gasteiger partial charge is 0.0701 e. The molecule has 0 atom stereocenters. The van der Waals surface area contributed by atoms with E-state index >= 15 is 0 Å². The third-order valence-electron chi connectivity index (χ3n) is 4.53. The first-order chi connectivity index (χ1) is 10.3. The average Bonchev–Trinajstić information content (AvgIpc) is 2.52. The summed E-state index contributed by atoms with van der Waals surface area (Å²) in [4.78, 5) is 0. The van der Waals surface area contributed by atoms with E-state index in [0.717, 1.165) is 25.2 Å². The summed E-state index contributed by atoms with van der Waals surface area (Å²) in [6, 6.07) is 2.57. The number of hydrogen-bond donors (Lipinski definition) is 0. The van der Waals surface area contributed by atoms with Crippen LogP contribution in [0.2, 0.25) is 0 Å². The molecule has 122 valence electrons. The molecule has 21 heavy (non-hydrogen) atoms. The zero-order valence-electron chi connectivity index (χ0n) is 13.7. The second-order valence-electron chi connectivity index (χ2n) is 6.09. The summed E-state index contributed by atoms with van der Waals surface area (Å²) in [5, 5.41) is 9.51. The first-order valence-electron chi connectivity index (χ1n) is 8.32. The van der Waals surface area contributed by atoms with Gasteiger partial charge < -0.3 is 14.2 Å². The van der Waals surface area contributed by atoms with E-state index in [1.165, 1.54) is 25.7 Å². The van der Waals surface area contributed by atoms with E-state index in [-0.39, 0.29) is 5.41 Å². The van der Waals surface area contributed by atoms with E-state index in [1.54, 1.807) is 7.11 Å². The lowest BCUT2D eigenvalue weighted by atomic mass is 9.69. The molecule has 1 aliphatic carbocycles. The first-order valence-corrected chi connectivity index (χ1v) is 8.32. The second kappa shape index (κ2) is 11.0. The van der Waals surface area contributed by atoms with Crippen molar-refractivity contribution >= 4 is 0 Å². The topological polar surface area (TPSA) is 51.5 Å². The van der Waals surface area contributed by atoms with Crippen LogP contribution in [-0.4, -0.2) is 40.1 Å². The van der Waals surface area contributed by atoms with E-state index in [0.29, 0.717) is 33.0 Å². The highest BCUT2D eigenvalue weighted by Gasteiger charge is 2.34. The summed E-state index contributed by atoms with van der Waals surface area (Å²) in [6.07, 6.45) is 7.94. The Kier molecular flexibility index (Phi) is 9.65. The fourth-order valence-electron chi connectivity index (χ4n) is 3.08. The minimum absolute atomic E-state index is 0.138. The van der Waals surface area contributed by atoms with Crippen LogP contribution >= 0.6 is 0 Å². The Bertz CT molecular complexity index is 293. The summed E-state index contributed by atoms with van der Waals surface area (Å²) in [5.74, 6) is 0.839. The Morgan fingerprint density at radius 3 is 2.24 bits per heavy atom. The number of methoxy groups -OCH3 is 1. The number of nitrogens with zero attached hydrogens (tertiary/aromatic N) is 1. The van der Waals surface area contributed by atoms with Crippen LogP contribution < -0.4 is 0 Å². The van der Waals surface area contributed by atoms with E-state index < -0.39 is 0 Å². The fourth-order valence-corrected chi connectivity index (χ4v) is 3.08. The van der Waals surface area contributed by atoms with Crippen LogP contribution in [0.1, 0.15) is 51.9 Å². The van der Waals surface area contributed by atoms with Crippen LogP contribution in [0.25, 0.3) is 0 Å². The van der Waals surface area contributed by atoms with Gasteiger partial charge in [0.05, 0.1) is 37.9 Å². The predicted molar refractivity (Wildman–Crippen MR) is 83.0 cm³/mol. The van der Waals surface area contributed by atoms with E-state index in [2.05, 4.69) is 13.0 Å². The molecule has 0 amide bonds. The minimum Gasteiger partial charge on any atom is -0.382 e. The maximum absolute atomic E-state index is 9.51. The highest BCUT2D eigenvalue weighted by Crippen LogP contribution is 2.42. The van der Waals surface area contributed by atoms with Gasteiger partial charge in [0.25, 0.3) is 0 Å². The van der Waals surface area contributed by atoms with E-state index in [4.69, 9.17) is 14.2 Å². The summed E-state index contributed by atoms with van der Waals surface area (Å²) in [5.41, 5.74) is -0.138. The quantitative estimate of drug-likeness (QED) is 0.547. The summed E-state index contributed by atoms with van der Waals surface area (Å²) in [7, 11) is 1.66. The van der Waals surface area contributed by atoms with Gasteiger partial charge >= 0.3 is 0 Å². The molecule has 1 fully saturated rings. The van der Waals surface area contributed by atoms with Crippen molar-refractivity contribution in [3.63, 3.8) is 0 Å². The Morgan fingerprint density at radius 1 is 1.05 bits per heavy atom. The predicted octanol–water partition coefficient (Wildman–Crippen LogP) is 3.56. The lowest BCUT2D eigenvalue weighted by Gasteiger charge is -2.34. The summed E-state index contributed by atoms with van der Waals surface area (Å²) >= 11 is 0. The van der Waals surface area contributed by atoms with Gasteiger partial charge in [-0.25, -0.2) is 0 Å².